The molecule has 0 amide bonds. The highest BCUT2D eigenvalue weighted by Crippen LogP contribution is 2.36. The van der Waals surface area contributed by atoms with Crippen LogP contribution in [0, 0.1) is 0 Å². The second-order valence-electron chi connectivity index (χ2n) is 13.8. The maximum Gasteiger partial charge on any atom is 0.303 e. The van der Waals surface area contributed by atoms with E-state index in [0.29, 0.717) is 0 Å². The van der Waals surface area contributed by atoms with Gasteiger partial charge in [0.15, 0.2) is 0 Å². The quantitative estimate of drug-likeness (QED) is 0.0503. The average molecular weight is 641 g/mol. The Morgan fingerprint density at radius 2 is 1.26 bits per heavy atom. The van der Waals surface area contributed by atoms with E-state index in [0.717, 1.165) is 58.0 Å². The zero-order chi connectivity index (χ0) is 33.1. The molecule has 0 aromatic heterocycles. The Kier molecular flexibility index (Phi) is 16.6. The van der Waals surface area contributed by atoms with Gasteiger partial charge >= 0.3 is 5.97 Å². The minimum absolute atomic E-state index is 0.00947. The van der Waals surface area contributed by atoms with Gasteiger partial charge in [-0.05, 0) is 77.6 Å². The molecule has 1 unspecified atom stereocenters. The molecule has 0 saturated carbocycles. The first-order valence-electron chi connectivity index (χ1n) is 17.9. The Labute approximate surface area is 282 Å². The Bertz CT molecular complexity index is 1240. The van der Waals surface area contributed by atoms with Crippen LogP contribution in [0.3, 0.4) is 0 Å². The van der Waals surface area contributed by atoms with Crippen molar-refractivity contribution in [3.8, 4) is 0 Å². The molecule has 3 nitrogen and oxygen atoms in total. The maximum atomic E-state index is 11.7. The van der Waals surface area contributed by atoms with Crippen molar-refractivity contribution in [1.29, 1.82) is 0 Å². The molecule has 3 aromatic rings. The molecule has 0 spiro atoms. The molecule has 0 heterocycles. The third kappa shape index (κ3) is 12.0. The van der Waals surface area contributed by atoms with Crippen LogP contribution in [0.1, 0.15) is 116 Å². The molecule has 46 heavy (non-hydrogen) atoms. The van der Waals surface area contributed by atoms with Crippen LogP contribution in [0.15, 0.2) is 97.1 Å². The number of ether oxygens (including phenoxy) is 1. The largest absolute Gasteiger partial charge is 0.458 e. The number of aryl methyl sites for hydroxylation is 2. The normalized spacial score (nSPS) is 12.8. The number of allylic oxidation sites excluding steroid dienone is 1. The first kappa shape index (κ1) is 37.5. The summed E-state index contributed by atoms with van der Waals surface area (Å²) in [5.74, 6) is -0.192. The molecule has 0 aliphatic heterocycles. The monoisotopic (exact) mass is 640 g/mol. The van der Waals surface area contributed by atoms with Gasteiger partial charge in [0.2, 0.25) is 0 Å². The molecule has 0 bridgehead atoms. The number of carbonyl (C=O) groups excluding carboxylic acids is 1. The van der Waals surface area contributed by atoms with E-state index in [1.165, 1.54) is 60.5 Å². The SMILES string of the molecule is CCCCCCCCC(C=CCCc1ccccc1CCCCCO[Si](c1ccccc1)(c1ccccc1)C(C)(C)C)OC(C)=O. The molecule has 0 N–H and O–H groups in total. The third-order valence-corrected chi connectivity index (χ3v) is 14.1. The van der Waals surface area contributed by atoms with Crippen molar-refractivity contribution >= 4 is 24.7 Å². The van der Waals surface area contributed by atoms with Gasteiger partial charge in [-0.25, -0.2) is 0 Å². The van der Waals surface area contributed by atoms with E-state index >= 15 is 0 Å². The Balaban J connectivity index is 1.50. The number of carbonyl (C=O) groups is 1. The third-order valence-electron chi connectivity index (χ3n) is 9.03. The summed E-state index contributed by atoms with van der Waals surface area (Å²) >= 11 is 0. The summed E-state index contributed by atoms with van der Waals surface area (Å²) in [5.41, 5.74) is 2.88. The topological polar surface area (TPSA) is 35.5 Å². The minimum Gasteiger partial charge on any atom is -0.458 e. The number of rotatable bonds is 21. The van der Waals surface area contributed by atoms with Crippen molar-refractivity contribution < 1.29 is 14.0 Å². The zero-order valence-electron chi connectivity index (χ0n) is 29.4. The highest BCUT2D eigenvalue weighted by atomic mass is 28.4. The van der Waals surface area contributed by atoms with Crippen LogP contribution < -0.4 is 10.4 Å². The number of hydrogen-bond donors (Lipinski definition) is 0. The molecule has 0 aliphatic carbocycles. The number of benzene rings is 3. The first-order chi connectivity index (χ1) is 22.3. The van der Waals surface area contributed by atoms with Gasteiger partial charge in [0.1, 0.15) is 6.10 Å². The molecule has 0 saturated heterocycles. The lowest BCUT2D eigenvalue weighted by atomic mass is 9.98. The molecule has 0 radical (unpaired) electrons. The van der Waals surface area contributed by atoms with Crippen LogP contribution in [-0.2, 0) is 26.8 Å². The molecule has 0 fully saturated rings. The van der Waals surface area contributed by atoms with Gasteiger partial charge < -0.3 is 9.16 Å². The predicted octanol–water partition coefficient (Wildman–Crippen LogP) is 10.1. The van der Waals surface area contributed by atoms with Gasteiger partial charge in [-0.2, -0.15) is 0 Å². The van der Waals surface area contributed by atoms with Crippen molar-refractivity contribution in [3.05, 3.63) is 108 Å². The van der Waals surface area contributed by atoms with Gasteiger partial charge in [0.05, 0.1) is 0 Å². The summed E-state index contributed by atoms with van der Waals surface area (Å²) in [6, 6.07) is 30.7. The van der Waals surface area contributed by atoms with E-state index in [4.69, 9.17) is 9.16 Å². The molecule has 1 atom stereocenters. The van der Waals surface area contributed by atoms with Crippen molar-refractivity contribution in [2.24, 2.45) is 0 Å². The van der Waals surface area contributed by atoms with Crippen LogP contribution in [0.5, 0.6) is 0 Å². The summed E-state index contributed by atoms with van der Waals surface area (Å²) in [7, 11) is -2.47. The second-order valence-corrected chi connectivity index (χ2v) is 18.1. The lowest BCUT2D eigenvalue weighted by Crippen LogP contribution is -2.66. The Hall–Kier alpha value is -2.95. The van der Waals surface area contributed by atoms with Crippen molar-refractivity contribution in [2.45, 2.75) is 129 Å². The van der Waals surface area contributed by atoms with Crippen molar-refractivity contribution in [1.82, 2.24) is 0 Å². The van der Waals surface area contributed by atoms with E-state index in [-0.39, 0.29) is 17.1 Å². The molecule has 4 heteroatoms. The average Bonchev–Trinajstić information content (AvgIpc) is 3.04. The van der Waals surface area contributed by atoms with E-state index in [1.54, 1.807) is 0 Å². The molecule has 3 aromatic carbocycles. The minimum atomic E-state index is -2.47. The number of esters is 1. The van der Waals surface area contributed by atoms with Crippen LogP contribution in [0.2, 0.25) is 5.04 Å². The fourth-order valence-corrected chi connectivity index (χ4v) is 11.3. The smallest absolute Gasteiger partial charge is 0.303 e. The summed E-state index contributed by atoms with van der Waals surface area (Å²) in [6.07, 6.45) is 19.0. The highest BCUT2D eigenvalue weighted by Gasteiger charge is 2.49. The second kappa shape index (κ2) is 20.3. The molecule has 3 rings (SSSR count). The van der Waals surface area contributed by atoms with E-state index in [2.05, 4.69) is 125 Å². The fourth-order valence-electron chi connectivity index (χ4n) is 6.65. The van der Waals surface area contributed by atoms with E-state index in [1.807, 2.05) is 0 Å². The summed E-state index contributed by atoms with van der Waals surface area (Å²) < 4.78 is 12.7. The van der Waals surface area contributed by atoms with Gasteiger partial charge in [0, 0.05) is 13.5 Å². The number of unbranched alkanes of at least 4 members (excludes halogenated alkanes) is 7. The maximum absolute atomic E-state index is 11.7. The fraction of sp³-hybridized carbons (Fsp3) is 0.500. The van der Waals surface area contributed by atoms with Gasteiger partial charge in [-0.3, -0.25) is 4.79 Å². The summed E-state index contributed by atoms with van der Waals surface area (Å²) in [5, 5.41) is 2.70. The van der Waals surface area contributed by atoms with Gasteiger partial charge in [-0.1, -0.05) is 157 Å². The van der Waals surface area contributed by atoms with Gasteiger partial charge in [0.25, 0.3) is 8.32 Å². The van der Waals surface area contributed by atoms with Gasteiger partial charge in [-0.15, -0.1) is 0 Å². The molecule has 0 aliphatic rings. The van der Waals surface area contributed by atoms with E-state index < -0.39 is 8.32 Å². The Morgan fingerprint density at radius 3 is 1.85 bits per heavy atom. The predicted molar refractivity (Wildman–Crippen MR) is 199 cm³/mol. The number of hydrogen-bond acceptors (Lipinski definition) is 3. The van der Waals surface area contributed by atoms with Crippen molar-refractivity contribution in [3.63, 3.8) is 0 Å². The Morgan fingerprint density at radius 1 is 0.717 bits per heavy atom. The summed E-state index contributed by atoms with van der Waals surface area (Å²) in [6.45, 7) is 11.6. The molecule has 250 valence electrons. The van der Waals surface area contributed by atoms with Crippen LogP contribution >= 0.6 is 0 Å². The van der Waals surface area contributed by atoms with Crippen LogP contribution in [0.25, 0.3) is 0 Å². The molecular formula is C42H60O3Si. The van der Waals surface area contributed by atoms with Crippen LogP contribution in [0.4, 0.5) is 0 Å². The van der Waals surface area contributed by atoms with Crippen molar-refractivity contribution in [2.75, 3.05) is 6.61 Å². The standard InChI is InChI=1S/C42H60O3Si/c1-6-7-8-9-10-15-29-39(45-36(2)43)30-23-22-28-38-27-21-20-26-37(38)25-14-13-24-35-44-46(42(3,4)5,40-31-16-11-17-32-40)41-33-18-12-19-34-41/h11-12,16-21,23,26-27,30-34,39H,6-10,13-15,22,24-25,28-29,35H2,1-5H3. The lowest BCUT2D eigenvalue weighted by molar-refractivity contribution is -0.144. The van der Waals surface area contributed by atoms with Crippen LogP contribution in [-0.4, -0.2) is 27.0 Å². The summed E-state index contributed by atoms with van der Waals surface area (Å²) in [4.78, 5) is 11.7. The lowest BCUT2D eigenvalue weighted by Gasteiger charge is -2.43. The highest BCUT2D eigenvalue weighted by molar-refractivity contribution is 6.99. The molecular weight excluding hydrogens is 581 g/mol. The first-order valence-corrected chi connectivity index (χ1v) is 19.8. The van der Waals surface area contributed by atoms with E-state index in [9.17, 15) is 4.79 Å². The zero-order valence-corrected chi connectivity index (χ0v) is 30.4.